The molecule has 0 radical (unpaired) electrons. The van der Waals surface area contributed by atoms with Gasteiger partial charge in [-0.05, 0) is 30.5 Å². The number of azide groups is 1. The van der Waals surface area contributed by atoms with Gasteiger partial charge < -0.3 is 9.29 Å². The van der Waals surface area contributed by atoms with Gasteiger partial charge in [0.2, 0.25) is 0 Å². The maximum atomic E-state index is 11.7. The number of benzene rings is 1. The van der Waals surface area contributed by atoms with Crippen molar-refractivity contribution >= 4 is 39.3 Å². The Hall–Kier alpha value is -1.51. The molecule has 0 bridgehead atoms. The molecule has 0 aromatic heterocycles. The third-order valence-electron chi connectivity index (χ3n) is 2.93. The second-order valence-corrected chi connectivity index (χ2v) is 6.96. The first-order valence-electron chi connectivity index (χ1n) is 6.92. The number of hydrogen-bond acceptors (Lipinski definition) is 6. The minimum Gasteiger partial charge on any atom is -0.744 e. The van der Waals surface area contributed by atoms with Gasteiger partial charge >= 0.3 is 5.97 Å². The first-order valence-corrected chi connectivity index (χ1v) is 9.08. The van der Waals surface area contributed by atoms with Crippen molar-refractivity contribution in [3.8, 4) is 5.75 Å². The molecule has 24 heavy (non-hydrogen) atoms. The van der Waals surface area contributed by atoms with Crippen LogP contribution in [0.5, 0.6) is 5.75 Å². The molecule has 1 aromatic carbocycles. The second kappa shape index (κ2) is 9.71. The molecule has 0 heterocycles. The summed E-state index contributed by atoms with van der Waals surface area (Å²) in [6.45, 7) is 0.418. The molecule has 0 fully saturated rings. The van der Waals surface area contributed by atoms with Crippen LogP contribution in [-0.2, 0) is 14.9 Å². The standard InChI is InChI=1S/C13H15Cl2N3O5S/c14-10-7-9(24(20,21)22)8-11(15)13(10)23-12(19)5-3-1-2-4-6-17-18-16/h7-8H,1-6H2,(H,20,21,22)/p-1. The van der Waals surface area contributed by atoms with Crippen molar-refractivity contribution in [2.75, 3.05) is 6.54 Å². The molecular weight excluding hydrogens is 381 g/mol. The monoisotopic (exact) mass is 394 g/mol. The summed E-state index contributed by atoms with van der Waals surface area (Å²) in [4.78, 5) is 13.8. The molecule has 0 N–H and O–H groups in total. The largest absolute Gasteiger partial charge is 0.744 e. The Morgan fingerprint density at radius 2 is 1.79 bits per heavy atom. The highest BCUT2D eigenvalue weighted by molar-refractivity contribution is 7.85. The molecule has 8 nitrogen and oxygen atoms in total. The molecule has 11 heteroatoms. The van der Waals surface area contributed by atoms with Crippen molar-refractivity contribution in [3.63, 3.8) is 0 Å². The summed E-state index contributed by atoms with van der Waals surface area (Å²) in [6, 6.07) is 1.77. The Kier molecular flexibility index (Phi) is 8.30. The minimum atomic E-state index is -4.71. The summed E-state index contributed by atoms with van der Waals surface area (Å²) in [5.41, 5.74) is 8.11. The highest BCUT2D eigenvalue weighted by Gasteiger charge is 2.16. The van der Waals surface area contributed by atoms with Crippen molar-refractivity contribution in [2.45, 2.75) is 37.0 Å². The van der Waals surface area contributed by atoms with Gasteiger partial charge in [0, 0.05) is 17.9 Å². The lowest BCUT2D eigenvalue weighted by Gasteiger charge is -2.12. The first kappa shape index (κ1) is 20.5. The quantitative estimate of drug-likeness (QED) is 0.118. The van der Waals surface area contributed by atoms with E-state index in [-0.39, 0.29) is 22.2 Å². The Morgan fingerprint density at radius 3 is 2.33 bits per heavy atom. The zero-order valence-corrected chi connectivity index (χ0v) is 14.8. The van der Waals surface area contributed by atoms with Crippen LogP contribution in [-0.4, -0.2) is 25.5 Å². The van der Waals surface area contributed by atoms with Gasteiger partial charge in [0.1, 0.15) is 10.1 Å². The summed E-state index contributed by atoms with van der Waals surface area (Å²) in [5, 5.41) is 2.93. The van der Waals surface area contributed by atoms with E-state index < -0.39 is 21.0 Å². The van der Waals surface area contributed by atoms with Crippen LogP contribution in [0.3, 0.4) is 0 Å². The van der Waals surface area contributed by atoms with Crippen LogP contribution < -0.4 is 4.74 Å². The van der Waals surface area contributed by atoms with Crippen molar-refractivity contribution in [3.05, 3.63) is 32.6 Å². The van der Waals surface area contributed by atoms with E-state index in [9.17, 15) is 17.8 Å². The fourth-order valence-electron chi connectivity index (χ4n) is 1.79. The number of carbonyl (C=O) groups is 1. The van der Waals surface area contributed by atoms with Crippen LogP contribution in [0.15, 0.2) is 22.1 Å². The zero-order valence-electron chi connectivity index (χ0n) is 12.4. The lowest BCUT2D eigenvalue weighted by Crippen LogP contribution is -2.09. The van der Waals surface area contributed by atoms with Gasteiger partial charge in [-0.1, -0.05) is 41.2 Å². The molecule has 0 spiro atoms. The summed E-state index contributed by atoms with van der Waals surface area (Å²) < 4.78 is 37.8. The lowest BCUT2D eigenvalue weighted by atomic mass is 10.1. The number of halogens is 2. The predicted octanol–water partition coefficient (Wildman–Crippen LogP) is 4.06. The number of unbranched alkanes of at least 4 members (excludes halogenated alkanes) is 3. The van der Waals surface area contributed by atoms with E-state index >= 15 is 0 Å². The first-order chi connectivity index (χ1) is 11.3. The SMILES string of the molecule is [N-]=[N+]=NCCCCCCC(=O)Oc1c(Cl)cc(S(=O)(=O)[O-])cc1Cl. The van der Waals surface area contributed by atoms with E-state index in [1.807, 2.05) is 0 Å². The zero-order chi connectivity index (χ0) is 18.2. The number of carbonyl (C=O) groups excluding carboxylic acids is 1. The topological polar surface area (TPSA) is 132 Å². The van der Waals surface area contributed by atoms with E-state index in [1.54, 1.807) is 0 Å². The fraction of sp³-hybridized carbons (Fsp3) is 0.462. The van der Waals surface area contributed by atoms with Gasteiger partial charge in [-0.25, -0.2) is 8.42 Å². The molecule has 0 amide bonds. The van der Waals surface area contributed by atoms with Crippen molar-refractivity contribution in [2.24, 2.45) is 5.11 Å². The van der Waals surface area contributed by atoms with Crippen molar-refractivity contribution in [1.82, 2.24) is 0 Å². The number of nitrogens with zero attached hydrogens (tertiary/aromatic N) is 3. The van der Waals surface area contributed by atoms with Crippen molar-refractivity contribution in [1.29, 1.82) is 0 Å². The van der Waals surface area contributed by atoms with Crippen LogP contribution in [0.4, 0.5) is 0 Å². The maximum Gasteiger partial charge on any atom is 0.311 e. The molecule has 0 saturated carbocycles. The number of rotatable bonds is 9. The predicted molar refractivity (Wildman–Crippen MR) is 87.2 cm³/mol. The highest BCUT2D eigenvalue weighted by atomic mass is 35.5. The Bertz CT molecular complexity index is 725. The van der Waals surface area contributed by atoms with Gasteiger partial charge in [-0.15, -0.1) is 0 Å². The summed E-state index contributed by atoms with van der Waals surface area (Å²) in [7, 11) is -4.71. The molecule has 1 rings (SSSR count). The van der Waals surface area contributed by atoms with Crippen LogP contribution in [0.25, 0.3) is 10.4 Å². The third-order valence-corrected chi connectivity index (χ3v) is 4.30. The van der Waals surface area contributed by atoms with E-state index in [2.05, 4.69) is 10.0 Å². The normalized spacial score (nSPS) is 11.0. The minimum absolute atomic E-state index is 0.121. The summed E-state index contributed by atoms with van der Waals surface area (Å²) in [6.07, 6.45) is 2.99. The molecule has 1 aromatic rings. The molecule has 0 atom stereocenters. The van der Waals surface area contributed by atoms with Gasteiger partial charge in [0.15, 0.2) is 5.75 Å². The average Bonchev–Trinajstić information content (AvgIpc) is 2.49. The van der Waals surface area contributed by atoms with E-state index in [0.717, 1.165) is 31.4 Å². The number of ether oxygens (including phenoxy) is 1. The van der Waals surface area contributed by atoms with Crippen molar-refractivity contribution < 1.29 is 22.5 Å². The van der Waals surface area contributed by atoms with Crippen LogP contribution in [0, 0.1) is 0 Å². The fourth-order valence-corrected chi connectivity index (χ4v) is 3.01. The maximum absolute atomic E-state index is 11.7. The molecule has 132 valence electrons. The highest BCUT2D eigenvalue weighted by Crippen LogP contribution is 2.35. The Labute approximate surface area is 149 Å². The summed E-state index contributed by atoms with van der Waals surface area (Å²) in [5.74, 6) is -0.759. The van der Waals surface area contributed by atoms with Gasteiger partial charge in [-0.3, -0.25) is 4.79 Å². The molecular formula is C13H14Cl2N3O5S-. The Balaban J connectivity index is 2.54. The average molecular weight is 395 g/mol. The van der Waals surface area contributed by atoms with E-state index in [1.165, 1.54) is 0 Å². The van der Waals surface area contributed by atoms with E-state index in [0.29, 0.717) is 13.0 Å². The van der Waals surface area contributed by atoms with Crippen LogP contribution in [0.1, 0.15) is 32.1 Å². The summed E-state index contributed by atoms with van der Waals surface area (Å²) >= 11 is 11.6. The smallest absolute Gasteiger partial charge is 0.311 e. The Morgan fingerprint density at radius 1 is 1.21 bits per heavy atom. The lowest BCUT2D eigenvalue weighted by molar-refractivity contribution is -0.134. The molecule has 0 saturated heterocycles. The number of hydrogen-bond donors (Lipinski definition) is 0. The van der Waals surface area contributed by atoms with Crippen LogP contribution >= 0.6 is 23.2 Å². The second-order valence-electron chi connectivity index (χ2n) is 4.76. The molecule has 0 aliphatic carbocycles. The van der Waals surface area contributed by atoms with Gasteiger partial charge in [0.25, 0.3) is 0 Å². The third kappa shape index (κ3) is 6.94. The van der Waals surface area contributed by atoms with Gasteiger partial charge in [-0.2, -0.15) is 0 Å². The molecule has 0 aliphatic heterocycles. The van der Waals surface area contributed by atoms with E-state index in [4.69, 9.17) is 33.5 Å². The van der Waals surface area contributed by atoms with Crippen LogP contribution in [0.2, 0.25) is 10.0 Å². The van der Waals surface area contributed by atoms with Gasteiger partial charge in [0.05, 0.1) is 14.9 Å². The molecule has 0 unspecified atom stereocenters. The number of esters is 1. The molecule has 0 aliphatic rings.